The van der Waals surface area contributed by atoms with Crippen molar-refractivity contribution in [3.05, 3.63) is 84.3 Å². The van der Waals surface area contributed by atoms with Crippen LogP contribution in [0.2, 0.25) is 0 Å². The Bertz CT molecular complexity index is 1180. The molecule has 1 fully saturated rings. The third kappa shape index (κ3) is 5.24. The minimum absolute atomic E-state index is 0.0507. The van der Waals surface area contributed by atoms with E-state index in [1.54, 1.807) is 15.9 Å². The minimum atomic E-state index is -0.165. The van der Waals surface area contributed by atoms with Crippen molar-refractivity contribution in [3.8, 4) is 11.5 Å². The lowest BCUT2D eigenvalue weighted by molar-refractivity contribution is -0.123. The van der Waals surface area contributed by atoms with Gasteiger partial charge in [-0.05, 0) is 36.6 Å². The molecule has 180 valence electrons. The van der Waals surface area contributed by atoms with Crippen LogP contribution in [0, 0.1) is 5.92 Å². The van der Waals surface area contributed by atoms with Gasteiger partial charge in [0.05, 0.1) is 11.8 Å². The molecule has 2 aromatic carbocycles. The van der Waals surface area contributed by atoms with Crippen molar-refractivity contribution in [2.24, 2.45) is 5.92 Å². The topological polar surface area (TPSA) is 72.2 Å². The molecule has 0 spiro atoms. The third-order valence-electron chi connectivity index (χ3n) is 6.40. The number of rotatable bonds is 6. The molecule has 3 aromatic rings. The van der Waals surface area contributed by atoms with E-state index in [-0.39, 0.29) is 17.7 Å². The molecule has 0 aliphatic carbocycles. The van der Waals surface area contributed by atoms with Gasteiger partial charge < -0.3 is 23.7 Å². The van der Waals surface area contributed by atoms with Gasteiger partial charge in [0, 0.05) is 37.3 Å². The molecule has 3 heterocycles. The van der Waals surface area contributed by atoms with Crippen molar-refractivity contribution < 1.29 is 23.5 Å². The number of nitrogens with zero attached hydrogens (tertiary/aromatic N) is 2. The van der Waals surface area contributed by atoms with E-state index in [2.05, 4.69) is 0 Å². The molecule has 7 heteroatoms. The van der Waals surface area contributed by atoms with Gasteiger partial charge in [-0.15, -0.1) is 0 Å². The van der Waals surface area contributed by atoms with Gasteiger partial charge in [-0.1, -0.05) is 42.5 Å². The molecule has 0 bridgehead atoms. The molecule has 0 radical (unpaired) electrons. The summed E-state index contributed by atoms with van der Waals surface area (Å²) < 4.78 is 16.4. The summed E-state index contributed by atoms with van der Waals surface area (Å²) in [5.41, 5.74) is 2.39. The predicted octanol–water partition coefficient (Wildman–Crippen LogP) is 4.65. The number of furan rings is 1. The first-order valence-corrected chi connectivity index (χ1v) is 11.9. The lowest BCUT2D eigenvalue weighted by Gasteiger charge is -2.34. The van der Waals surface area contributed by atoms with Gasteiger partial charge >= 0.3 is 0 Å². The zero-order chi connectivity index (χ0) is 24.0. The molecule has 1 aromatic heterocycles. The Labute approximate surface area is 204 Å². The maximum Gasteiger partial charge on any atom is 0.257 e. The highest BCUT2D eigenvalue weighted by molar-refractivity contribution is 5.97. The zero-order valence-corrected chi connectivity index (χ0v) is 19.5. The van der Waals surface area contributed by atoms with E-state index >= 15 is 0 Å². The lowest BCUT2D eigenvalue weighted by Crippen LogP contribution is -2.44. The Kier molecular flexibility index (Phi) is 6.84. The van der Waals surface area contributed by atoms with Crippen molar-refractivity contribution in [3.63, 3.8) is 0 Å². The summed E-state index contributed by atoms with van der Waals surface area (Å²) in [6.07, 6.45) is 8.21. The summed E-state index contributed by atoms with van der Waals surface area (Å²) in [6.45, 7) is 2.51. The summed E-state index contributed by atoms with van der Waals surface area (Å²) in [7, 11) is 0. The summed E-state index contributed by atoms with van der Waals surface area (Å²) in [5, 5.41) is 0. The van der Waals surface area contributed by atoms with Crippen LogP contribution in [0.15, 0.2) is 77.6 Å². The summed E-state index contributed by atoms with van der Waals surface area (Å²) in [4.78, 5) is 29.9. The van der Waals surface area contributed by atoms with Gasteiger partial charge in [0.2, 0.25) is 5.91 Å². The highest BCUT2D eigenvalue weighted by Gasteiger charge is 2.31. The molecule has 7 nitrogen and oxygen atoms in total. The van der Waals surface area contributed by atoms with Crippen LogP contribution in [-0.4, -0.2) is 49.6 Å². The number of hydrogen-bond acceptors (Lipinski definition) is 5. The third-order valence-corrected chi connectivity index (χ3v) is 6.40. The van der Waals surface area contributed by atoms with Crippen molar-refractivity contribution >= 4 is 23.6 Å². The number of amides is 2. The van der Waals surface area contributed by atoms with Crippen LogP contribution in [0.5, 0.6) is 11.5 Å². The molecular formula is C28H28N2O5. The maximum absolute atomic E-state index is 13.7. The molecule has 5 rings (SSSR count). The van der Waals surface area contributed by atoms with Crippen LogP contribution in [0.1, 0.15) is 28.8 Å². The average Bonchev–Trinajstić information content (AvgIpc) is 3.46. The van der Waals surface area contributed by atoms with E-state index < -0.39 is 0 Å². The Morgan fingerprint density at radius 1 is 0.971 bits per heavy atom. The van der Waals surface area contributed by atoms with Gasteiger partial charge in [-0.25, -0.2) is 0 Å². The Morgan fingerprint density at radius 2 is 1.74 bits per heavy atom. The number of fused-ring (bicyclic) bond motifs is 1. The Hall–Kier alpha value is -4.00. The SMILES string of the molecule is O=C(c1ccoc1)N1CCC(C(=O)N(C/C=C/c2ccccc2)c2ccc3c(c2)OCCO3)CC1. The normalized spacial score (nSPS) is 15.8. The molecule has 0 N–H and O–H groups in total. The fraction of sp³-hybridized carbons (Fsp3) is 0.286. The molecular weight excluding hydrogens is 444 g/mol. The number of benzene rings is 2. The van der Waals surface area contributed by atoms with E-state index in [1.807, 2.05) is 60.7 Å². The summed E-state index contributed by atoms with van der Waals surface area (Å²) in [6, 6.07) is 17.3. The van der Waals surface area contributed by atoms with Crippen molar-refractivity contribution in [2.45, 2.75) is 12.8 Å². The molecule has 2 amide bonds. The first kappa shape index (κ1) is 22.8. The molecule has 2 aliphatic heterocycles. The second-order valence-electron chi connectivity index (χ2n) is 8.67. The number of piperidine rings is 1. The van der Waals surface area contributed by atoms with Crippen molar-refractivity contribution in [1.29, 1.82) is 0 Å². The molecule has 2 aliphatic rings. The van der Waals surface area contributed by atoms with Crippen molar-refractivity contribution in [2.75, 3.05) is 37.7 Å². The van der Waals surface area contributed by atoms with Gasteiger partial charge in [-0.3, -0.25) is 9.59 Å². The predicted molar refractivity (Wildman–Crippen MR) is 133 cm³/mol. The quantitative estimate of drug-likeness (QED) is 0.522. The smallest absolute Gasteiger partial charge is 0.257 e. The number of anilines is 1. The van der Waals surface area contributed by atoms with Crippen molar-refractivity contribution in [1.82, 2.24) is 4.90 Å². The summed E-state index contributed by atoms with van der Waals surface area (Å²) >= 11 is 0. The van der Waals surface area contributed by atoms with Crippen LogP contribution in [0.4, 0.5) is 5.69 Å². The minimum Gasteiger partial charge on any atom is -0.486 e. The Balaban J connectivity index is 1.32. The highest BCUT2D eigenvalue weighted by atomic mass is 16.6. The molecule has 0 atom stereocenters. The average molecular weight is 473 g/mol. The van der Waals surface area contributed by atoms with Crippen LogP contribution in [0.25, 0.3) is 6.08 Å². The van der Waals surface area contributed by atoms with E-state index in [4.69, 9.17) is 13.9 Å². The number of hydrogen-bond donors (Lipinski definition) is 0. The number of carbonyl (C=O) groups is 2. The van der Waals surface area contributed by atoms with E-state index in [0.29, 0.717) is 62.8 Å². The molecule has 1 saturated heterocycles. The fourth-order valence-corrected chi connectivity index (χ4v) is 4.50. The summed E-state index contributed by atoms with van der Waals surface area (Å²) in [5.74, 6) is 1.17. The monoisotopic (exact) mass is 472 g/mol. The zero-order valence-electron chi connectivity index (χ0n) is 19.5. The van der Waals surface area contributed by atoms with Crippen LogP contribution in [-0.2, 0) is 4.79 Å². The second kappa shape index (κ2) is 10.5. The molecule has 35 heavy (non-hydrogen) atoms. The van der Waals surface area contributed by atoms with Gasteiger partial charge in [0.15, 0.2) is 11.5 Å². The standard InChI is InChI=1S/C28H28N2O5/c31-27(23-12-16-33-20-23)29-14-10-22(11-15-29)28(32)30(13-4-7-21-5-2-1-3-6-21)24-8-9-25-26(19-24)35-18-17-34-25/h1-9,12,16,19-20,22H,10-11,13-15,17-18H2/b7-4+. The van der Waals surface area contributed by atoms with Gasteiger partial charge in [-0.2, -0.15) is 0 Å². The lowest BCUT2D eigenvalue weighted by atomic mass is 9.94. The largest absolute Gasteiger partial charge is 0.486 e. The first-order chi connectivity index (χ1) is 17.2. The van der Waals surface area contributed by atoms with E-state index in [0.717, 1.165) is 11.3 Å². The fourth-order valence-electron chi connectivity index (χ4n) is 4.50. The molecule has 0 saturated carbocycles. The van der Waals surface area contributed by atoms with E-state index in [9.17, 15) is 9.59 Å². The second-order valence-corrected chi connectivity index (χ2v) is 8.67. The highest BCUT2D eigenvalue weighted by Crippen LogP contribution is 2.35. The Morgan fingerprint density at radius 3 is 2.49 bits per heavy atom. The van der Waals surface area contributed by atoms with Gasteiger partial charge in [0.1, 0.15) is 19.5 Å². The van der Waals surface area contributed by atoms with Crippen LogP contribution < -0.4 is 14.4 Å². The van der Waals surface area contributed by atoms with Crippen LogP contribution in [0.3, 0.4) is 0 Å². The van der Waals surface area contributed by atoms with E-state index in [1.165, 1.54) is 12.5 Å². The molecule has 0 unspecified atom stereocenters. The number of ether oxygens (including phenoxy) is 2. The number of carbonyl (C=O) groups excluding carboxylic acids is 2. The number of likely N-dealkylation sites (tertiary alicyclic amines) is 1. The first-order valence-electron chi connectivity index (χ1n) is 11.9. The van der Waals surface area contributed by atoms with Crippen LogP contribution >= 0.6 is 0 Å². The maximum atomic E-state index is 13.7. The van der Waals surface area contributed by atoms with Gasteiger partial charge in [0.25, 0.3) is 5.91 Å².